The predicted octanol–water partition coefficient (Wildman–Crippen LogP) is 3.97. The van der Waals surface area contributed by atoms with Gasteiger partial charge in [-0.3, -0.25) is 4.98 Å². The van der Waals surface area contributed by atoms with Crippen molar-refractivity contribution in [3.8, 4) is 22.4 Å². The number of hydrogen-bond acceptors (Lipinski definition) is 7. The quantitative estimate of drug-likeness (QED) is 0.427. The third-order valence-corrected chi connectivity index (χ3v) is 7.20. The van der Waals surface area contributed by atoms with Crippen molar-refractivity contribution in [1.29, 1.82) is 0 Å². The highest BCUT2D eigenvalue weighted by Crippen LogP contribution is 2.56. The number of rotatable bonds is 6. The first kappa shape index (κ1) is 26.5. The summed E-state index contributed by atoms with van der Waals surface area (Å²) in [6.07, 6.45) is 4.66. The topological polar surface area (TPSA) is 162 Å². The summed E-state index contributed by atoms with van der Waals surface area (Å²) in [7, 11) is -3.88. The van der Waals surface area contributed by atoms with Crippen LogP contribution in [0.5, 0.6) is 0 Å². The number of pyridine rings is 1. The van der Waals surface area contributed by atoms with E-state index in [0.717, 1.165) is 16.7 Å². The maximum atomic E-state index is 12.4. The molecular weight excluding hydrogens is 511 g/mol. The molecule has 2 fully saturated rings. The smallest absolute Gasteiger partial charge is 0.475 e. The van der Waals surface area contributed by atoms with Crippen LogP contribution in [0, 0.1) is 11.8 Å². The number of nitrogen functional groups attached to an aromatic ring is 1. The molecular formula is C24H24F3N5O4S. The molecule has 0 atom stereocenters. The van der Waals surface area contributed by atoms with Gasteiger partial charge in [-0.15, -0.1) is 0 Å². The minimum Gasteiger partial charge on any atom is -0.475 e. The number of carboxylic acid groups (broad SMARTS) is 1. The van der Waals surface area contributed by atoms with E-state index < -0.39 is 22.2 Å². The van der Waals surface area contributed by atoms with Crippen LogP contribution in [0.4, 0.5) is 19.1 Å². The van der Waals surface area contributed by atoms with Crippen LogP contribution in [0.15, 0.2) is 53.8 Å². The molecule has 5 N–H and O–H groups in total. The Morgan fingerprint density at radius 3 is 1.92 bits per heavy atom. The molecule has 2 aromatic heterocycles. The Hall–Kier alpha value is -3.58. The van der Waals surface area contributed by atoms with E-state index in [1.54, 1.807) is 24.7 Å². The number of sulfonamides is 1. The number of anilines is 1. The second-order valence-corrected chi connectivity index (χ2v) is 10.6. The van der Waals surface area contributed by atoms with E-state index in [4.69, 9.17) is 20.8 Å². The summed E-state index contributed by atoms with van der Waals surface area (Å²) >= 11 is 0. The van der Waals surface area contributed by atoms with E-state index in [-0.39, 0.29) is 10.8 Å². The first-order valence-electron chi connectivity index (χ1n) is 11.4. The lowest BCUT2D eigenvalue weighted by molar-refractivity contribution is -0.192. The van der Waals surface area contributed by atoms with Gasteiger partial charge < -0.3 is 10.8 Å². The molecule has 2 saturated carbocycles. The van der Waals surface area contributed by atoms with E-state index in [9.17, 15) is 21.6 Å². The Kier molecular flexibility index (Phi) is 7.20. The van der Waals surface area contributed by atoms with Crippen molar-refractivity contribution in [2.24, 2.45) is 17.0 Å². The lowest BCUT2D eigenvalue weighted by Crippen LogP contribution is -2.21. The molecule has 3 aromatic rings. The van der Waals surface area contributed by atoms with Gasteiger partial charge in [-0.1, -0.05) is 18.2 Å². The van der Waals surface area contributed by atoms with Gasteiger partial charge in [0.15, 0.2) is 0 Å². The van der Waals surface area contributed by atoms with Crippen LogP contribution in [-0.2, 0) is 14.8 Å². The minimum absolute atomic E-state index is 0.164. The van der Waals surface area contributed by atoms with Crippen molar-refractivity contribution < 1.29 is 31.5 Å². The van der Waals surface area contributed by atoms with E-state index in [1.165, 1.54) is 25.7 Å². The number of alkyl halides is 3. The molecule has 0 unspecified atom stereocenters. The second-order valence-electron chi connectivity index (χ2n) is 9.03. The zero-order valence-corrected chi connectivity index (χ0v) is 20.2. The summed E-state index contributed by atoms with van der Waals surface area (Å²) in [5.41, 5.74) is 9.51. The molecule has 5 rings (SSSR count). The number of carbonyl (C=O) groups is 1. The number of benzene rings is 1. The van der Waals surface area contributed by atoms with E-state index in [1.807, 2.05) is 18.2 Å². The predicted molar refractivity (Wildman–Crippen MR) is 128 cm³/mol. The number of nitrogens with zero attached hydrogens (tertiary/aromatic N) is 3. The van der Waals surface area contributed by atoms with Crippen LogP contribution in [0.1, 0.15) is 37.2 Å². The lowest BCUT2D eigenvalue weighted by atomic mass is 9.84. The molecule has 37 heavy (non-hydrogen) atoms. The van der Waals surface area contributed by atoms with Crippen LogP contribution in [0.3, 0.4) is 0 Å². The van der Waals surface area contributed by atoms with Crippen LogP contribution >= 0.6 is 0 Å². The van der Waals surface area contributed by atoms with Gasteiger partial charge in [0, 0.05) is 35.3 Å². The van der Waals surface area contributed by atoms with Crippen molar-refractivity contribution in [2.45, 2.75) is 42.7 Å². The highest BCUT2D eigenvalue weighted by atomic mass is 32.2. The maximum Gasteiger partial charge on any atom is 0.490 e. The number of aromatic nitrogens is 3. The van der Waals surface area contributed by atoms with Crippen molar-refractivity contribution in [1.82, 2.24) is 15.0 Å². The summed E-state index contributed by atoms with van der Waals surface area (Å²) in [5, 5.41) is 12.7. The fourth-order valence-corrected chi connectivity index (χ4v) is 5.15. The van der Waals surface area contributed by atoms with Crippen LogP contribution in [-0.4, -0.2) is 40.6 Å². The Balaban J connectivity index is 0.000000405. The van der Waals surface area contributed by atoms with Crippen molar-refractivity contribution >= 4 is 21.9 Å². The number of aliphatic carboxylic acids is 1. The van der Waals surface area contributed by atoms with Crippen molar-refractivity contribution in [3.05, 3.63) is 54.5 Å². The summed E-state index contributed by atoms with van der Waals surface area (Å²) in [4.78, 5) is 21.6. The minimum atomic E-state index is -5.08. The first-order chi connectivity index (χ1) is 17.4. The van der Waals surface area contributed by atoms with Gasteiger partial charge in [0.05, 0.1) is 10.6 Å². The van der Waals surface area contributed by atoms with Gasteiger partial charge in [-0.25, -0.2) is 28.3 Å². The molecule has 13 heteroatoms. The summed E-state index contributed by atoms with van der Waals surface area (Å²) in [5.74, 6) is -0.912. The molecule has 0 aliphatic heterocycles. The third-order valence-electron chi connectivity index (χ3n) is 6.25. The molecule has 0 radical (unpaired) electrons. The molecule has 0 amide bonds. The molecule has 0 bridgehead atoms. The normalized spacial score (nSPS) is 15.7. The summed E-state index contributed by atoms with van der Waals surface area (Å²) in [6.45, 7) is 0. The van der Waals surface area contributed by atoms with Crippen molar-refractivity contribution in [3.63, 3.8) is 0 Å². The van der Waals surface area contributed by atoms with Gasteiger partial charge >= 0.3 is 12.1 Å². The molecule has 2 aliphatic rings. The fraction of sp³-hybridized carbons (Fsp3) is 0.333. The average Bonchev–Trinajstić information content (AvgIpc) is 3.75. The maximum absolute atomic E-state index is 12.4. The monoisotopic (exact) mass is 535 g/mol. The highest BCUT2D eigenvalue weighted by Gasteiger charge is 2.43. The van der Waals surface area contributed by atoms with Crippen LogP contribution in [0.2, 0.25) is 0 Å². The van der Waals surface area contributed by atoms with Gasteiger partial charge in [0.2, 0.25) is 16.0 Å². The summed E-state index contributed by atoms with van der Waals surface area (Å²) in [6, 6.07) is 9.20. The van der Waals surface area contributed by atoms with Crippen molar-refractivity contribution in [2.75, 3.05) is 5.73 Å². The Bertz CT molecular complexity index is 1380. The van der Waals surface area contributed by atoms with Crippen LogP contribution in [0.25, 0.3) is 22.4 Å². The lowest BCUT2D eigenvalue weighted by Gasteiger charge is -2.22. The zero-order valence-electron chi connectivity index (χ0n) is 19.4. The molecule has 1 aromatic carbocycles. The first-order valence-corrected chi connectivity index (χ1v) is 12.9. The molecule has 2 heterocycles. The summed E-state index contributed by atoms with van der Waals surface area (Å²) < 4.78 is 56.6. The number of primary sulfonamides is 1. The number of halogens is 3. The van der Waals surface area contributed by atoms with E-state index in [0.29, 0.717) is 29.0 Å². The zero-order chi connectivity index (χ0) is 27.0. The second kappa shape index (κ2) is 10.1. The Labute approximate surface area is 210 Å². The molecule has 2 aliphatic carbocycles. The van der Waals surface area contributed by atoms with Gasteiger partial charge in [-0.2, -0.15) is 13.2 Å². The average molecular weight is 536 g/mol. The SMILES string of the molecule is Nc1ncc(-c2ccc(-c3c(C(C4CC4)C4CC4)cccc3S(N)(=O)=O)cn2)cn1.O=C(O)C(F)(F)F. The standard InChI is InChI=1S/C22H23N5O2S.C2HF3O2/c23-22-26-11-16(12-27-22)18-9-8-15(10-25-18)21-17(2-1-3-19(21)30(24,28)29)20(13-4-5-13)14-6-7-14;3-2(4,5)1(6)7/h1-3,8-14,20H,4-7H2,(H2,23,26,27)(H2,24,28,29);(H,6,7). The third kappa shape index (κ3) is 6.41. The largest absolute Gasteiger partial charge is 0.490 e. The number of carboxylic acids is 1. The van der Waals surface area contributed by atoms with Crippen LogP contribution < -0.4 is 10.9 Å². The number of hydrogen-bond donors (Lipinski definition) is 3. The van der Waals surface area contributed by atoms with E-state index in [2.05, 4.69) is 21.0 Å². The highest BCUT2D eigenvalue weighted by molar-refractivity contribution is 7.89. The van der Waals surface area contributed by atoms with E-state index >= 15 is 0 Å². The molecule has 0 saturated heterocycles. The Morgan fingerprint density at radius 1 is 0.946 bits per heavy atom. The Morgan fingerprint density at radius 2 is 1.49 bits per heavy atom. The van der Waals surface area contributed by atoms with Gasteiger partial charge in [0.25, 0.3) is 0 Å². The molecule has 9 nitrogen and oxygen atoms in total. The van der Waals surface area contributed by atoms with Gasteiger partial charge in [-0.05, 0) is 61.1 Å². The fourth-order valence-electron chi connectivity index (χ4n) is 4.36. The number of nitrogens with two attached hydrogens (primary N) is 2. The van der Waals surface area contributed by atoms with Gasteiger partial charge in [0.1, 0.15) is 0 Å². The molecule has 196 valence electrons. The molecule has 0 spiro atoms.